The van der Waals surface area contributed by atoms with Crippen LogP contribution in [0.15, 0.2) is 12.3 Å². The molecule has 1 rings (SSSR count). The monoisotopic (exact) mass is 325 g/mol. The van der Waals surface area contributed by atoms with Gasteiger partial charge in [-0.25, -0.2) is 4.98 Å². The lowest BCUT2D eigenvalue weighted by Crippen LogP contribution is -2.33. The van der Waals surface area contributed by atoms with E-state index in [-0.39, 0.29) is 30.0 Å². The van der Waals surface area contributed by atoms with Crippen molar-refractivity contribution in [3.63, 3.8) is 0 Å². The van der Waals surface area contributed by atoms with E-state index >= 15 is 0 Å². The quantitative estimate of drug-likeness (QED) is 0.751. The summed E-state index contributed by atoms with van der Waals surface area (Å²) in [6.07, 6.45) is -3.35. The summed E-state index contributed by atoms with van der Waals surface area (Å²) in [5.41, 5.74) is -0.931. The molecule has 0 aromatic carbocycles. The van der Waals surface area contributed by atoms with Gasteiger partial charge in [-0.1, -0.05) is 11.6 Å². The van der Waals surface area contributed by atoms with Crippen LogP contribution in [-0.2, 0) is 11.0 Å². The van der Waals surface area contributed by atoms with E-state index in [0.29, 0.717) is 19.2 Å². The molecule has 0 saturated heterocycles. The lowest BCUT2D eigenvalue weighted by molar-refractivity contribution is -0.137. The molecule has 0 radical (unpaired) electrons. The topological polar surface area (TPSA) is 63.2 Å². The van der Waals surface area contributed by atoms with E-state index in [1.54, 1.807) is 7.05 Å². The zero-order valence-corrected chi connectivity index (χ0v) is 12.0. The smallest absolute Gasteiger partial charge is 0.417 e. The lowest BCUT2D eigenvalue weighted by Gasteiger charge is -2.10. The van der Waals surface area contributed by atoms with Crippen LogP contribution >= 0.6 is 11.6 Å². The van der Waals surface area contributed by atoms with Crippen molar-refractivity contribution in [2.45, 2.75) is 12.6 Å². The Morgan fingerprint density at radius 2 is 2.19 bits per heavy atom. The first-order valence-corrected chi connectivity index (χ1v) is 6.49. The van der Waals surface area contributed by atoms with Crippen LogP contribution < -0.4 is 15.4 Å². The maximum atomic E-state index is 12.4. The molecule has 9 heteroatoms. The third-order valence-electron chi connectivity index (χ3n) is 2.35. The van der Waals surface area contributed by atoms with E-state index in [0.717, 1.165) is 6.07 Å². The van der Waals surface area contributed by atoms with Crippen molar-refractivity contribution in [1.82, 2.24) is 15.6 Å². The fourth-order valence-electron chi connectivity index (χ4n) is 1.38. The maximum Gasteiger partial charge on any atom is 0.417 e. The van der Waals surface area contributed by atoms with Crippen LogP contribution in [0.2, 0.25) is 5.02 Å². The van der Waals surface area contributed by atoms with E-state index in [1.165, 1.54) is 0 Å². The first kappa shape index (κ1) is 17.5. The number of amides is 1. The molecular formula is C12H15ClF3N3O2. The highest BCUT2D eigenvalue weighted by Gasteiger charge is 2.31. The number of pyridine rings is 1. The summed E-state index contributed by atoms with van der Waals surface area (Å²) in [7, 11) is 1.65. The van der Waals surface area contributed by atoms with Gasteiger partial charge >= 0.3 is 6.18 Å². The van der Waals surface area contributed by atoms with Crippen LogP contribution in [0.3, 0.4) is 0 Å². The van der Waals surface area contributed by atoms with Crippen molar-refractivity contribution in [1.29, 1.82) is 0 Å². The van der Waals surface area contributed by atoms with Crippen LogP contribution in [0.5, 0.6) is 5.88 Å². The van der Waals surface area contributed by atoms with Gasteiger partial charge in [0.1, 0.15) is 5.02 Å². The number of aromatic nitrogens is 1. The van der Waals surface area contributed by atoms with Crippen LogP contribution in [-0.4, -0.2) is 37.6 Å². The van der Waals surface area contributed by atoms with Gasteiger partial charge in [-0.05, 0) is 19.5 Å². The third kappa shape index (κ3) is 6.17. The molecule has 1 amide bonds. The minimum absolute atomic E-state index is 0.0637. The highest BCUT2D eigenvalue weighted by Crippen LogP contribution is 2.32. The molecule has 0 aliphatic carbocycles. The van der Waals surface area contributed by atoms with Crippen molar-refractivity contribution in [3.05, 3.63) is 22.8 Å². The van der Waals surface area contributed by atoms with Gasteiger partial charge < -0.3 is 15.4 Å². The average molecular weight is 326 g/mol. The number of hydrogen-bond acceptors (Lipinski definition) is 4. The summed E-state index contributed by atoms with van der Waals surface area (Å²) in [5.74, 6) is -0.214. The Balaban J connectivity index is 2.38. The molecule has 0 spiro atoms. The Kier molecular flexibility index (Phi) is 6.70. The highest BCUT2D eigenvalue weighted by molar-refractivity contribution is 6.31. The van der Waals surface area contributed by atoms with Crippen molar-refractivity contribution in [2.24, 2.45) is 0 Å². The number of rotatable bonds is 7. The Morgan fingerprint density at radius 1 is 1.48 bits per heavy atom. The summed E-state index contributed by atoms with van der Waals surface area (Å²) < 4.78 is 42.4. The van der Waals surface area contributed by atoms with Gasteiger partial charge in [0.25, 0.3) is 0 Å². The van der Waals surface area contributed by atoms with Gasteiger partial charge in [0.05, 0.1) is 18.7 Å². The zero-order valence-electron chi connectivity index (χ0n) is 11.3. The zero-order chi connectivity index (χ0) is 15.9. The second kappa shape index (κ2) is 8.04. The van der Waals surface area contributed by atoms with Crippen molar-refractivity contribution >= 4 is 17.5 Å². The molecule has 0 aliphatic heterocycles. The molecule has 0 aliphatic rings. The summed E-state index contributed by atoms with van der Waals surface area (Å²) in [6, 6.07) is 0.762. The Bertz CT molecular complexity index is 483. The summed E-state index contributed by atoms with van der Waals surface area (Å²) in [4.78, 5) is 14.6. The molecule has 1 aromatic heterocycles. The number of halogens is 4. The number of likely N-dealkylation sites (N-methyl/N-ethyl adjacent to an activating group) is 1. The number of carbonyl (C=O) groups is 1. The highest BCUT2D eigenvalue weighted by atomic mass is 35.5. The number of alkyl halides is 3. The third-order valence-corrected chi connectivity index (χ3v) is 2.62. The largest absolute Gasteiger partial charge is 0.477 e. The van der Waals surface area contributed by atoms with Gasteiger partial charge in [-0.2, -0.15) is 13.2 Å². The SMILES string of the molecule is CNCC(=O)NCCCOc1ncc(C(F)(F)F)cc1Cl. The number of nitrogens with one attached hydrogen (secondary N) is 2. The molecule has 118 valence electrons. The minimum Gasteiger partial charge on any atom is -0.477 e. The maximum absolute atomic E-state index is 12.4. The van der Waals surface area contributed by atoms with Crippen molar-refractivity contribution < 1.29 is 22.7 Å². The molecule has 1 aromatic rings. The molecule has 0 atom stereocenters. The van der Waals surface area contributed by atoms with Gasteiger partial charge in [-0.15, -0.1) is 0 Å². The Morgan fingerprint density at radius 3 is 2.76 bits per heavy atom. The van der Waals surface area contributed by atoms with E-state index in [9.17, 15) is 18.0 Å². The van der Waals surface area contributed by atoms with Crippen molar-refractivity contribution in [3.8, 4) is 5.88 Å². The summed E-state index contributed by atoms with van der Waals surface area (Å²) >= 11 is 5.67. The van der Waals surface area contributed by atoms with Crippen LogP contribution in [0, 0.1) is 0 Å². The van der Waals surface area contributed by atoms with Gasteiger partial charge in [0, 0.05) is 12.7 Å². The predicted octanol–water partition coefficient (Wildman–Crippen LogP) is 1.86. The molecular weight excluding hydrogens is 311 g/mol. The lowest BCUT2D eigenvalue weighted by atomic mass is 10.3. The molecule has 21 heavy (non-hydrogen) atoms. The normalized spacial score (nSPS) is 11.3. The predicted molar refractivity (Wildman–Crippen MR) is 71.3 cm³/mol. The standard InChI is InChI=1S/C12H15ClF3N3O2/c1-17-7-10(20)18-3-2-4-21-11-9(13)5-8(6-19-11)12(14,15)16/h5-6,17H,2-4,7H2,1H3,(H,18,20). The van der Waals surface area contributed by atoms with E-state index in [4.69, 9.17) is 16.3 Å². The first-order chi connectivity index (χ1) is 9.84. The molecule has 0 bridgehead atoms. The number of hydrogen-bond donors (Lipinski definition) is 2. The van der Waals surface area contributed by atoms with E-state index in [1.807, 2.05) is 0 Å². The van der Waals surface area contributed by atoms with E-state index in [2.05, 4.69) is 15.6 Å². The number of ether oxygens (including phenoxy) is 1. The van der Waals surface area contributed by atoms with Gasteiger partial charge in [0.15, 0.2) is 0 Å². The molecule has 0 unspecified atom stereocenters. The van der Waals surface area contributed by atoms with E-state index < -0.39 is 11.7 Å². The first-order valence-electron chi connectivity index (χ1n) is 6.11. The second-order valence-electron chi connectivity index (χ2n) is 4.09. The minimum atomic E-state index is -4.49. The molecule has 2 N–H and O–H groups in total. The molecule has 5 nitrogen and oxygen atoms in total. The summed E-state index contributed by atoms with van der Waals surface area (Å²) in [6.45, 7) is 0.782. The van der Waals surface area contributed by atoms with Crippen LogP contribution in [0.1, 0.15) is 12.0 Å². The fourth-order valence-corrected chi connectivity index (χ4v) is 1.60. The van der Waals surface area contributed by atoms with Gasteiger partial charge in [-0.3, -0.25) is 4.79 Å². The Labute approximate surface area is 124 Å². The molecule has 0 fully saturated rings. The van der Waals surface area contributed by atoms with Crippen LogP contribution in [0.4, 0.5) is 13.2 Å². The Hall–Kier alpha value is -1.54. The second-order valence-corrected chi connectivity index (χ2v) is 4.50. The molecule has 0 saturated carbocycles. The number of nitrogens with zero attached hydrogens (tertiary/aromatic N) is 1. The molecule has 1 heterocycles. The van der Waals surface area contributed by atoms with Gasteiger partial charge in [0.2, 0.25) is 11.8 Å². The fraction of sp³-hybridized carbons (Fsp3) is 0.500. The summed E-state index contributed by atoms with van der Waals surface area (Å²) in [5, 5.41) is 5.12. The average Bonchev–Trinajstić information content (AvgIpc) is 2.39. The van der Waals surface area contributed by atoms with Crippen molar-refractivity contribution in [2.75, 3.05) is 26.7 Å². The van der Waals surface area contributed by atoms with Crippen LogP contribution in [0.25, 0.3) is 0 Å². The number of carbonyl (C=O) groups excluding carboxylic acids is 1.